The van der Waals surface area contributed by atoms with Gasteiger partial charge in [0, 0.05) is 29.9 Å². The average molecular weight is 458 g/mol. The van der Waals surface area contributed by atoms with Gasteiger partial charge in [-0.3, -0.25) is 0 Å². The number of hydrogen-bond donors (Lipinski definition) is 2. The minimum absolute atomic E-state index is 0.0953. The van der Waals surface area contributed by atoms with Gasteiger partial charge in [-0.1, -0.05) is 18.2 Å². The quantitative estimate of drug-likeness (QED) is 0.353. The van der Waals surface area contributed by atoms with Crippen molar-refractivity contribution in [3.63, 3.8) is 0 Å². The third-order valence-electron chi connectivity index (χ3n) is 4.72. The molecule has 0 atom stereocenters. The first kappa shape index (κ1) is 23.1. The van der Waals surface area contributed by atoms with Gasteiger partial charge in [0.25, 0.3) is 0 Å². The zero-order valence-electron chi connectivity index (χ0n) is 16.7. The predicted molar refractivity (Wildman–Crippen MR) is 110 cm³/mol. The zero-order valence-corrected chi connectivity index (χ0v) is 17.5. The lowest BCUT2D eigenvalue weighted by Crippen LogP contribution is -2.33. The van der Waals surface area contributed by atoms with Crippen molar-refractivity contribution in [3.05, 3.63) is 59.8 Å². The van der Waals surface area contributed by atoms with Gasteiger partial charge in [-0.15, -0.1) is 0 Å². The van der Waals surface area contributed by atoms with E-state index >= 15 is 0 Å². The van der Waals surface area contributed by atoms with Crippen LogP contribution in [0.1, 0.15) is 11.1 Å². The van der Waals surface area contributed by atoms with Crippen molar-refractivity contribution in [2.75, 3.05) is 19.4 Å². The van der Waals surface area contributed by atoms with E-state index in [9.17, 15) is 26.0 Å². The predicted octanol–water partition coefficient (Wildman–Crippen LogP) is 4.18. The molecular formula is C21H22F4N2O3S. The van der Waals surface area contributed by atoms with Gasteiger partial charge in [-0.05, 0) is 48.4 Å². The third-order valence-corrected chi connectivity index (χ3v) is 5.83. The Labute approximate surface area is 177 Å². The second kappa shape index (κ2) is 9.27. The highest BCUT2D eigenvalue weighted by atomic mass is 32.2. The number of ether oxygens (including phenoxy) is 1. The van der Waals surface area contributed by atoms with Crippen molar-refractivity contribution in [2.45, 2.75) is 30.2 Å². The molecule has 0 spiro atoms. The monoisotopic (exact) mass is 458 g/mol. The van der Waals surface area contributed by atoms with Crippen LogP contribution in [0.5, 0.6) is 5.75 Å². The van der Waals surface area contributed by atoms with E-state index < -0.39 is 28.8 Å². The maximum Gasteiger partial charge on any atom is 0.340 e. The molecule has 2 N–H and O–H groups in total. The van der Waals surface area contributed by atoms with Crippen molar-refractivity contribution in [2.24, 2.45) is 0 Å². The van der Waals surface area contributed by atoms with Gasteiger partial charge in [0.15, 0.2) is 16.4 Å². The standard InChI is InChI=1S/C21H22F4N2O3S/c1-31(28,29)17-5-6-18-15(12-27-19(18)10-17)7-8-26-11-14-3-2-4-16(9-14)30-13-21(24,25)20(22)23/h2-6,9-10,12,20,26-27H,7-8,11,13H2,1H3. The summed E-state index contributed by atoms with van der Waals surface area (Å²) in [5.74, 6) is -4.10. The molecule has 31 heavy (non-hydrogen) atoms. The van der Waals surface area contributed by atoms with E-state index in [2.05, 4.69) is 10.3 Å². The van der Waals surface area contributed by atoms with Crippen LogP contribution in [0.2, 0.25) is 0 Å². The Balaban J connectivity index is 1.53. The number of halogens is 4. The molecule has 0 bridgehead atoms. The van der Waals surface area contributed by atoms with E-state index in [0.29, 0.717) is 19.5 Å². The zero-order chi connectivity index (χ0) is 22.6. The molecule has 0 amide bonds. The van der Waals surface area contributed by atoms with Gasteiger partial charge in [0.1, 0.15) is 5.75 Å². The molecule has 3 rings (SSSR count). The van der Waals surface area contributed by atoms with E-state index in [0.717, 1.165) is 28.3 Å². The second-order valence-corrected chi connectivity index (χ2v) is 9.23. The van der Waals surface area contributed by atoms with E-state index in [4.69, 9.17) is 4.74 Å². The largest absolute Gasteiger partial charge is 0.487 e. The minimum atomic E-state index is -4.20. The summed E-state index contributed by atoms with van der Waals surface area (Å²) in [5.41, 5.74) is 2.52. The topological polar surface area (TPSA) is 71.2 Å². The first-order chi connectivity index (χ1) is 14.6. The highest BCUT2D eigenvalue weighted by molar-refractivity contribution is 7.90. The average Bonchev–Trinajstić information content (AvgIpc) is 3.12. The Morgan fingerprint density at radius 2 is 1.94 bits per heavy atom. The summed E-state index contributed by atoms with van der Waals surface area (Å²) in [6.07, 6.45) is -0.114. The lowest BCUT2D eigenvalue weighted by atomic mass is 10.1. The molecule has 3 aromatic rings. The second-order valence-electron chi connectivity index (χ2n) is 7.22. The summed E-state index contributed by atoms with van der Waals surface area (Å²) in [6, 6.07) is 11.3. The van der Waals surface area contributed by atoms with E-state index in [1.807, 2.05) is 6.20 Å². The molecule has 0 unspecified atom stereocenters. The van der Waals surface area contributed by atoms with Crippen LogP contribution in [0, 0.1) is 0 Å². The van der Waals surface area contributed by atoms with Gasteiger partial charge < -0.3 is 15.0 Å². The van der Waals surface area contributed by atoms with Crippen LogP contribution in [-0.4, -0.2) is 45.2 Å². The molecule has 10 heteroatoms. The van der Waals surface area contributed by atoms with Crippen LogP contribution in [0.4, 0.5) is 17.6 Å². The third kappa shape index (κ3) is 5.98. The number of rotatable bonds is 10. The molecule has 1 heterocycles. The van der Waals surface area contributed by atoms with Crippen molar-refractivity contribution >= 4 is 20.7 Å². The number of sulfone groups is 1. The van der Waals surface area contributed by atoms with Gasteiger partial charge in [-0.2, -0.15) is 8.78 Å². The molecule has 1 aromatic heterocycles. The van der Waals surface area contributed by atoms with Crippen molar-refractivity contribution in [1.29, 1.82) is 0 Å². The number of benzene rings is 2. The Kier molecular flexibility index (Phi) is 6.90. The smallest absolute Gasteiger partial charge is 0.340 e. The lowest BCUT2D eigenvalue weighted by Gasteiger charge is -2.16. The number of H-pyrrole nitrogens is 1. The van der Waals surface area contributed by atoms with E-state index in [1.54, 1.807) is 30.3 Å². The van der Waals surface area contributed by atoms with E-state index in [1.165, 1.54) is 12.1 Å². The molecule has 0 aliphatic rings. The number of alkyl halides is 4. The van der Waals surface area contributed by atoms with Crippen molar-refractivity contribution < 1.29 is 30.7 Å². The Morgan fingerprint density at radius 3 is 2.65 bits per heavy atom. The first-order valence-corrected chi connectivity index (χ1v) is 11.3. The van der Waals surface area contributed by atoms with Gasteiger partial charge >= 0.3 is 12.3 Å². The van der Waals surface area contributed by atoms with Gasteiger partial charge in [0.2, 0.25) is 0 Å². The fourth-order valence-corrected chi connectivity index (χ4v) is 3.69. The molecule has 0 aliphatic heterocycles. The molecule has 5 nitrogen and oxygen atoms in total. The lowest BCUT2D eigenvalue weighted by molar-refractivity contribution is -0.148. The number of aromatic amines is 1. The summed E-state index contributed by atoms with van der Waals surface area (Å²) >= 11 is 0. The van der Waals surface area contributed by atoms with Crippen LogP contribution < -0.4 is 10.1 Å². The Bertz CT molecular complexity index is 1150. The van der Waals surface area contributed by atoms with Gasteiger partial charge in [0.05, 0.1) is 4.90 Å². The van der Waals surface area contributed by atoms with Crippen molar-refractivity contribution in [3.8, 4) is 5.75 Å². The van der Waals surface area contributed by atoms with Crippen LogP contribution >= 0.6 is 0 Å². The summed E-state index contributed by atoms with van der Waals surface area (Å²) in [6.45, 7) is -0.346. The molecule has 0 saturated carbocycles. The van der Waals surface area contributed by atoms with Gasteiger partial charge in [-0.25, -0.2) is 17.2 Å². The minimum Gasteiger partial charge on any atom is -0.487 e. The van der Waals surface area contributed by atoms with Crippen LogP contribution in [-0.2, 0) is 22.8 Å². The molecule has 0 radical (unpaired) electrons. The highest BCUT2D eigenvalue weighted by Gasteiger charge is 2.41. The molecule has 0 aliphatic carbocycles. The normalized spacial score (nSPS) is 12.6. The maximum atomic E-state index is 13.0. The summed E-state index contributed by atoms with van der Waals surface area (Å²) in [4.78, 5) is 3.33. The van der Waals surface area contributed by atoms with Crippen LogP contribution in [0.15, 0.2) is 53.6 Å². The van der Waals surface area contributed by atoms with Crippen LogP contribution in [0.3, 0.4) is 0 Å². The fourth-order valence-electron chi connectivity index (χ4n) is 3.05. The molecule has 0 fully saturated rings. The summed E-state index contributed by atoms with van der Waals surface area (Å²) < 4.78 is 78.6. The molecule has 2 aromatic carbocycles. The van der Waals surface area contributed by atoms with Crippen molar-refractivity contribution in [1.82, 2.24) is 10.3 Å². The number of fused-ring (bicyclic) bond motifs is 1. The number of hydrogen-bond acceptors (Lipinski definition) is 4. The summed E-state index contributed by atoms with van der Waals surface area (Å²) in [7, 11) is -3.28. The molecule has 0 saturated heterocycles. The number of nitrogens with one attached hydrogen (secondary N) is 2. The molecular weight excluding hydrogens is 436 g/mol. The highest BCUT2D eigenvalue weighted by Crippen LogP contribution is 2.25. The maximum absolute atomic E-state index is 13.0. The SMILES string of the molecule is CS(=O)(=O)c1ccc2c(CCNCc3cccc(OCC(F)(F)C(F)F)c3)c[nH]c2c1. The Hall–Kier alpha value is -2.59. The summed E-state index contributed by atoms with van der Waals surface area (Å²) in [5, 5.41) is 4.16. The number of aromatic nitrogens is 1. The Morgan fingerprint density at radius 1 is 1.16 bits per heavy atom. The van der Waals surface area contributed by atoms with E-state index in [-0.39, 0.29) is 10.6 Å². The first-order valence-electron chi connectivity index (χ1n) is 9.45. The molecule has 168 valence electrons. The van der Waals surface area contributed by atoms with Crippen LogP contribution in [0.25, 0.3) is 10.9 Å². The fraction of sp³-hybridized carbons (Fsp3) is 0.333.